The number of carbonyl (C=O) groups is 1. The molecule has 0 atom stereocenters. The molecule has 0 aromatic heterocycles. The average Bonchev–Trinajstić information content (AvgIpc) is 2.65. The molecule has 9 nitrogen and oxygen atoms in total. The lowest BCUT2D eigenvalue weighted by Gasteiger charge is -2.09. The number of sulfonamides is 1. The van der Waals surface area contributed by atoms with Crippen LogP contribution in [0.15, 0.2) is 53.4 Å². The van der Waals surface area contributed by atoms with Gasteiger partial charge in [-0.2, -0.15) is 0 Å². The zero-order chi connectivity index (χ0) is 19.2. The molecule has 0 fully saturated rings. The van der Waals surface area contributed by atoms with Gasteiger partial charge in [0, 0.05) is 30.8 Å². The Kier molecular flexibility index (Phi) is 6.26. The summed E-state index contributed by atoms with van der Waals surface area (Å²) in [5.41, 5.74) is -0.0740. The molecule has 0 heterocycles. The van der Waals surface area contributed by atoms with Crippen molar-refractivity contribution in [2.75, 3.05) is 20.2 Å². The number of benzene rings is 2. The van der Waals surface area contributed by atoms with E-state index in [1.807, 2.05) is 0 Å². The van der Waals surface area contributed by atoms with E-state index in [1.165, 1.54) is 49.6 Å². The number of nitro benzene ring substituents is 1. The summed E-state index contributed by atoms with van der Waals surface area (Å²) >= 11 is 0. The van der Waals surface area contributed by atoms with E-state index in [4.69, 9.17) is 4.74 Å². The highest BCUT2D eigenvalue weighted by Crippen LogP contribution is 2.15. The molecule has 2 rings (SSSR count). The number of non-ortho nitro benzene ring substituents is 1. The van der Waals surface area contributed by atoms with Crippen molar-refractivity contribution in [3.05, 3.63) is 64.2 Å². The topological polar surface area (TPSA) is 128 Å². The Morgan fingerprint density at radius 2 is 1.85 bits per heavy atom. The molecule has 0 bridgehead atoms. The molecule has 2 aromatic carbocycles. The quantitative estimate of drug-likeness (QED) is 0.404. The zero-order valence-corrected chi connectivity index (χ0v) is 14.7. The van der Waals surface area contributed by atoms with E-state index in [0.717, 1.165) is 6.07 Å². The Hall–Kier alpha value is -2.98. The Morgan fingerprint density at radius 3 is 2.46 bits per heavy atom. The van der Waals surface area contributed by atoms with Crippen LogP contribution in [-0.2, 0) is 10.0 Å². The molecule has 2 N–H and O–H groups in total. The van der Waals surface area contributed by atoms with Crippen molar-refractivity contribution in [1.82, 2.24) is 10.0 Å². The molecular formula is C16H17N3O6S. The van der Waals surface area contributed by atoms with E-state index in [1.54, 1.807) is 0 Å². The van der Waals surface area contributed by atoms with Gasteiger partial charge >= 0.3 is 0 Å². The first-order valence-corrected chi connectivity index (χ1v) is 8.98. The predicted octanol–water partition coefficient (Wildman–Crippen LogP) is 1.31. The van der Waals surface area contributed by atoms with Crippen LogP contribution in [0, 0.1) is 10.1 Å². The molecule has 0 spiro atoms. The Morgan fingerprint density at radius 1 is 1.15 bits per heavy atom. The average molecular weight is 379 g/mol. The number of nitrogens with one attached hydrogen (secondary N) is 2. The van der Waals surface area contributed by atoms with Gasteiger partial charge in [-0.25, -0.2) is 13.1 Å². The molecule has 0 saturated carbocycles. The molecule has 10 heteroatoms. The van der Waals surface area contributed by atoms with Crippen LogP contribution < -0.4 is 14.8 Å². The smallest absolute Gasteiger partial charge is 0.270 e. The molecule has 0 unspecified atom stereocenters. The Balaban J connectivity index is 1.88. The van der Waals surface area contributed by atoms with Crippen molar-refractivity contribution in [1.29, 1.82) is 0 Å². The van der Waals surface area contributed by atoms with Crippen molar-refractivity contribution in [2.45, 2.75) is 4.90 Å². The van der Waals surface area contributed by atoms with Crippen molar-refractivity contribution >= 4 is 21.6 Å². The lowest BCUT2D eigenvalue weighted by Crippen LogP contribution is -2.34. The van der Waals surface area contributed by atoms with Crippen LogP contribution in [0.1, 0.15) is 10.4 Å². The second-order valence-electron chi connectivity index (χ2n) is 5.14. The molecule has 0 saturated heterocycles. The summed E-state index contributed by atoms with van der Waals surface area (Å²) in [5.74, 6) is 0.00510. The number of hydrogen-bond acceptors (Lipinski definition) is 6. The number of rotatable bonds is 8. The molecular weight excluding hydrogens is 362 g/mol. The Bertz CT molecular complexity index is 896. The summed E-state index contributed by atoms with van der Waals surface area (Å²) in [4.78, 5) is 22.1. The fraction of sp³-hybridized carbons (Fsp3) is 0.188. The SMILES string of the molecule is COc1ccc(S(=O)(=O)NCCNC(=O)c2cccc([N+](=O)[O-])c2)cc1. The zero-order valence-electron chi connectivity index (χ0n) is 13.8. The predicted molar refractivity (Wildman–Crippen MR) is 93.6 cm³/mol. The van der Waals surface area contributed by atoms with Crippen molar-refractivity contribution in [3.8, 4) is 5.75 Å². The molecule has 138 valence electrons. The molecule has 0 aliphatic rings. The summed E-state index contributed by atoms with van der Waals surface area (Å²) in [5, 5.41) is 13.2. The van der Waals surface area contributed by atoms with Gasteiger partial charge in [-0.1, -0.05) is 6.07 Å². The third-order valence-corrected chi connectivity index (χ3v) is 4.87. The van der Waals surface area contributed by atoms with E-state index in [2.05, 4.69) is 10.0 Å². The van der Waals surface area contributed by atoms with Crippen LogP contribution >= 0.6 is 0 Å². The first kappa shape index (κ1) is 19.3. The number of nitrogens with zero attached hydrogens (tertiary/aromatic N) is 1. The van der Waals surface area contributed by atoms with Gasteiger partial charge in [0.2, 0.25) is 10.0 Å². The number of nitro groups is 1. The van der Waals surface area contributed by atoms with Crippen LogP contribution in [0.5, 0.6) is 5.75 Å². The standard InChI is InChI=1S/C16H17N3O6S/c1-25-14-5-7-15(8-6-14)26(23,24)18-10-9-17-16(20)12-3-2-4-13(11-12)19(21)22/h2-8,11,18H,9-10H2,1H3,(H,17,20). The van der Waals surface area contributed by atoms with Crippen molar-refractivity contribution in [3.63, 3.8) is 0 Å². The van der Waals surface area contributed by atoms with Gasteiger partial charge in [-0.05, 0) is 30.3 Å². The minimum atomic E-state index is -3.71. The summed E-state index contributed by atoms with van der Waals surface area (Å²) < 4.78 is 31.6. The third-order valence-electron chi connectivity index (χ3n) is 3.39. The summed E-state index contributed by atoms with van der Waals surface area (Å²) in [7, 11) is -2.23. The monoisotopic (exact) mass is 379 g/mol. The van der Waals surface area contributed by atoms with Gasteiger partial charge < -0.3 is 10.1 Å². The number of carbonyl (C=O) groups excluding carboxylic acids is 1. The number of methoxy groups -OCH3 is 1. The van der Waals surface area contributed by atoms with E-state index < -0.39 is 20.9 Å². The maximum absolute atomic E-state index is 12.1. The minimum Gasteiger partial charge on any atom is -0.497 e. The van der Waals surface area contributed by atoms with Crippen LogP contribution in [-0.4, -0.2) is 39.4 Å². The van der Waals surface area contributed by atoms with Crippen LogP contribution in [0.3, 0.4) is 0 Å². The molecule has 0 aliphatic carbocycles. The van der Waals surface area contributed by atoms with E-state index in [-0.39, 0.29) is 29.2 Å². The van der Waals surface area contributed by atoms with Gasteiger partial charge in [-0.3, -0.25) is 14.9 Å². The number of ether oxygens (including phenoxy) is 1. The summed E-state index contributed by atoms with van der Waals surface area (Å²) in [6.45, 7) is -0.00800. The highest BCUT2D eigenvalue weighted by molar-refractivity contribution is 7.89. The highest BCUT2D eigenvalue weighted by Gasteiger charge is 2.14. The van der Waals surface area contributed by atoms with Gasteiger partial charge in [-0.15, -0.1) is 0 Å². The normalized spacial score (nSPS) is 11.0. The first-order valence-electron chi connectivity index (χ1n) is 7.50. The second kappa shape index (κ2) is 8.41. The lowest BCUT2D eigenvalue weighted by atomic mass is 10.2. The van der Waals surface area contributed by atoms with Gasteiger partial charge in [0.1, 0.15) is 5.75 Å². The molecule has 0 aliphatic heterocycles. The molecule has 26 heavy (non-hydrogen) atoms. The van der Waals surface area contributed by atoms with E-state index in [9.17, 15) is 23.3 Å². The molecule has 0 radical (unpaired) electrons. The highest BCUT2D eigenvalue weighted by atomic mass is 32.2. The van der Waals surface area contributed by atoms with Gasteiger partial charge in [0.15, 0.2) is 0 Å². The number of amides is 1. The van der Waals surface area contributed by atoms with E-state index in [0.29, 0.717) is 5.75 Å². The van der Waals surface area contributed by atoms with Crippen molar-refractivity contribution in [2.24, 2.45) is 0 Å². The van der Waals surface area contributed by atoms with Crippen LogP contribution in [0.4, 0.5) is 5.69 Å². The first-order chi connectivity index (χ1) is 12.3. The fourth-order valence-corrected chi connectivity index (χ4v) is 3.09. The largest absolute Gasteiger partial charge is 0.497 e. The van der Waals surface area contributed by atoms with E-state index >= 15 is 0 Å². The second-order valence-corrected chi connectivity index (χ2v) is 6.90. The lowest BCUT2D eigenvalue weighted by molar-refractivity contribution is -0.384. The maximum atomic E-state index is 12.1. The molecule has 1 amide bonds. The van der Waals surface area contributed by atoms with Crippen LogP contribution in [0.25, 0.3) is 0 Å². The van der Waals surface area contributed by atoms with Crippen molar-refractivity contribution < 1.29 is 22.9 Å². The van der Waals surface area contributed by atoms with Gasteiger partial charge in [0.05, 0.1) is 16.9 Å². The van der Waals surface area contributed by atoms with Crippen LogP contribution in [0.2, 0.25) is 0 Å². The maximum Gasteiger partial charge on any atom is 0.270 e. The number of hydrogen-bond donors (Lipinski definition) is 2. The molecule has 2 aromatic rings. The van der Waals surface area contributed by atoms with Gasteiger partial charge in [0.25, 0.3) is 11.6 Å². The minimum absolute atomic E-state index is 0.0247. The summed E-state index contributed by atoms with van der Waals surface area (Å²) in [6, 6.07) is 11.1. The third kappa shape index (κ3) is 5.01. The Labute approximate surface area is 150 Å². The fourth-order valence-electron chi connectivity index (χ4n) is 2.06. The summed E-state index contributed by atoms with van der Waals surface area (Å²) in [6.07, 6.45) is 0.